The third-order valence-electron chi connectivity index (χ3n) is 4.79. The first-order valence-electron chi connectivity index (χ1n) is 7.90. The van der Waals surface area contributed by atoms with Gasteiger partial charge in [0.1, 0.15) is 0 Å². The van der Waals surface area contributed by atoms with Crippen LogP contribution in [0, 0.1) is 0 Å². The number of carbonyl (C=O) groups is 2. The molecular formula is C17H23N3O2. The van der Waals surface area contributed by atoms with Crippen LogP contribution in [0.1, 0.15) is 43.9 Å². The Bertz CT molecular complexity index is 581. The lowest BCUT2D eigenvalue weighted by Gasteiger charge is -2.37. The molecule has 2 N–H and O–H groups in total. The van der Waals surface area contributed by atoms with Crippen molar-refractivity contribution in [2.45, 2.75) is 38.1 Å². The average Bonchev–Trinajstić information content (AvgIpc) is 2.81. The van der Waals surface area contributed by atoms with Crippen LogP contribution in [0.15, 0.2) is 24.3 Å². The fourth-order valence-corrected chi connectivity index (χ4v) is 3.46. The summed E-state index contributed by atoms with van der Waals surface area (Å²) in [4.78, 5) is 24.4. The van der Waals surface area contributed by atoms with Gasteiger partial charge in [-0.05, 0) is 29.4 Å². The Kier molecular flexibility index (Phi) is 3.91. The molecule has 5 nitrogen and oxygen atoms in total. The number of hydrogen-bond donors (Lipinski definition) is 2. The van der Waals surface area contributed by atoms with E-state index in [4.69, 9.17) is 0 Å². The number of urea groups is 1. The van der Waals surface area contributed by atoms with Crippen LogP contribution in [0.3, 0.4) is 0 Å². The molecule has 1 aromatic carbocycles. The highest BCUT2D eigenvalue weighted by molar-refractivity contribution is 6.01. The molecule has 0 bridgehead atoms. The van der Waals surface area contributed by atoms with E-state index < -0.39 is 0 Å². The van der Waals surface area contributed by atoms with E-state index in [9.17, 15) is 9.59 Å². The molecular weight excluding hydrogens is 278 g/mol. The molecule has 1 aromatic rings. The van der Waals surface area contributed by atoms with E-state index >= 15 is 0 Å². The fourth-order valence-electron chi connectivity index (χ4n) is 3.46. The number of imide groups is 1. The second-order valence-electron chi connectivity index (χ2n) is 6.72. The largest absolute Gasteiger partial charge is 0.329 e. The molecule has 1 unspecified atom stereocenters. The van der Waals surface area contributed by atoms with E-state index in [2.05, 4.69) is 48.7 Å². The molecule has 3 rings (SSSR count). The molecule has 1 saturated heterocycles. The van der Waals surface area contributed by atoms with E-state index in [1.807, 2.05) is 0 Å². The first-order valence-corrected chi connectivity index (χ1v) is 7.90. The molecule has 1 heterocycles. The molecule has 0 spiro atoms. The molecule has 0 saturated carbocycles. The number of carbonyl (C=O) groups excluding carboxylic acids is 2. The number of amides is 3. The Hall–Kier alpha value is -1.88. The highest BCUT2D eigenvalue weighted by Crippen LogP contribution is 2.41. The third-order valence-corrected chi connectivity index (χ3v) is 4.79. The van der Waals surface area contributed by atoms with Crippen molar-refractivity contribution < 1.29 is 9.59 Å². The van der Waals surface area contributed by atoms with Gasteiger partial charge in [0.2, 0.25) is 5.91 Å². The van der Waals surface area contributed by atoms with E-state index in [-0.39, 0.29) is 23.9 Å². The Morgan fingerprint density at radius 3 is 2.82 bits per heavy atom. The van der Waals surface area contributed by atoms with Gasteiger partial charge < -0.3 is 10.6 Å². The van der Waals surface area contributed by atoms with Crippen molar-refractivity contribution in [3.8, 4) is 0 Å². The standard InChI is InChI=1S/C17H23N3O2/c1-17(2)8-7-14(12-5-3-4-6-13(12)17)18-9-10-20-15(21)11-19-16(20)22/h3-6,14,18H,7-11H2,1-2H3,(H,19,22). The highest BCUT2D eigenvalue weighted by atomic mass is 16.2. The summed E-state index contributed by atoms with van der Waals surface area (Å²) in [6.07, 6.45) is 2.20. The lowest BCUT2D eigenvalue weighted by molar-refractivity contribution is -0.124. The molecule has 3 amide bonds. The number of benzene rings is 1. The maximum absolute atomic E-state index is 11.6. The minimum Gasteiger partial charge on any atom is -0.329 e. The van der Waals surface area contributed by atoms with Gasteiger partial charge in [0.05, 0.1) is 6.54 Å². The minimum absolute atomic E-state index is 0.124. The van der Waals surface area contributed by atoms with Crippen LogP contribution in [0.25, 0.3) is 0 Å². The first-order chi connectivity index (χ1) is 10.5. The van der Waals surface area contributed by atoms with Crippen LogP contribution in [-0.2, 0) is 10.2 Å². The van der Waals surface area contributed by atoms with Gasteiger partial charge in [-0.2, -0.15) is 0 Å². The lowest BCUT2D eigenvalue weighted by atomic mass is 9.71. The van der Waals surface area contributed by atoms with E-state index in [1.54, 1.807) is 0 Å². The quantitative estimate of drug-likeness (QED) is 0.836. The Labute approximate surface area is 131 Å². The number of fused-ring (bicyclic) bond motifs is 1. The number of nitrogens with one attached hydrogen (secondary N) is 2. The molecule has 22 heavy (non-hydrogen) atoms. The van der Waals surface area contributed by atoms with Crippen molar-refractivity contribution in [3.05, 3.63) is 35.4 Å². The van der Waals surface area contributed by atoms with E-state index in [1.165, 1.54) is 16.0 Å². The summed E-state index contributed by atoms with van der Waals surface area (Å²) in [5.74, 6) is -0.142. The van der Waals surface area contributed by atoms with Gasteiger partial charge in [-0.3, -0.25) is 9.69 Å². The molecule has 0 radical (unpaired) electrons. The maximum atomic E-state index is 11.6. The summed E-state index contributed by atoms with van der Waals surface area (Å²) in [6, 6.07) is 8.58. The van der Waals surface area contributed by atoms with Crippen molar-refractivity contribution in [1.82, 2.24) is 15.5 Å². The summed E-state index contributed by atoms with van der Waals surface area (Å²) < 4.78 is 0. The van der Waals surface area contributed by atoms with Gasteiger partial charge in [-0.25, -0.2) is 4.79 Å². The minimum atomic E-state index is -0.281. The molecule has 0 aromatic heterocycles. The fraction of sp³-hybridized carbons (Fsp3) is 0.529. The van der Waals surface area contributed by atoms with Crippen LogP contribution in [-0.4, -0.2) is 36.5 Å². The van der Waals surface area contributed by atoms with Crippen LogP contribution < -0.4 is 10.6 Å². The van der Waals surface area contributed by atoms with E-state index in [0.717, 1.165) is 12.8 Å². The zero-order chi connectivity index (χ0) is 15.7. The normalized spacial score (nSPS) is 23.4. The SMILES string of the molecule is CC1(C)CCC(NCCN2C(=O)CNC2=O)c2ccccc21. The zero-order valence-electron chi connectivity index (χ0n) is 13.2. The summed E-state index contributed by atoms with van der Waals surface area (Å²) in [6.45, 7) is 5.75. The van der Waals surface area contributed by atoms with Crippen molar-refractivity contribution in [2.75, 3.05) is 19.6 Å². The average molecular weight is 301 g/mol. The molecule has 5 heteroatoms. The molecule has 1 aliphatic heterocycles. The predicted octanol–water partition coefficient (Wildman–Crippen LogP) is 1.94. The zero-order valence-corrected chi connectivity index (χ0v) is 13.2. The van der Waals surface area contributed by atoms with Gasteiger partial charge in [-0.15, -0.1) is 0 Å². The molecule has 1 aliphatic carbocycles. The van der Waals surface area contributed by atoms with Gasteiger partial charge >= 0.3 is 6.03 Å². The van der Waals surface area contributed by atoms with Crippen molar-refractivity contribution in [2.24, 2.45) is 0 Å². The molecule has 1 atom stereocenters. The number of hydrogen-bond acceptors (Lipinski definition) is 3. The highest BCUT2D eigenvalue weighted by Gasteiger charge is 2.32. The first kappa shape index (κ1) is 15.0. The summed E-state index contributed by atoms with van der Waals surface area (Å²) >= 11 is 0. The van der Waals surface area contributed by atoms with Crippen LogP contribution in [0.5, 0.6) is 0 Å². The van der Waals surface area contributed by atoms with Crippen molar-refractivity contribution in [1.29, 1.82) is 0 Å². The van der Waals surface area contributed by atoms with Gasteiger partial charge in [0, 0.05) is 19.1 Å². The van der Waals surface area contributed by atoms with Crippen molar-refractivity contribution >= 4 is 11.9 Å². The number of nitrogens with zero attached hydrogens (tertiary/aromatic N) is 1. The van der Waals surface area contributed by atoms with Crippen LogP contribution >= 0.6 is 0 Å². The van der Waals surface area contributed by atoms with Crippen LogP contribution in [0.2, 0.25) is 0 Å². The third kappa shape index (κ3) is 2.73. The topological polar surface area (TPSA) is 61.4 Å². The van der Waals surface area contributed by atoms with Crippen LogP contribution in [0.4, 0.5) is 4.79 Å². The van der Waals surface area contributed by atoms with Gasteiger partial charge in [-0.1, -0.05) is 38.1 Å². The van der Waals surface area contributed by atoms with Gasteiger partial charge in [0.15, 0.2) is 0 Å². The monoisotopic (exact) mass is 301 g/mol. The summed E-state index contributed by atoms with van der Waals surface area (Å²) in [5.41, 5.74) is 2.95. The Morgan fingerprint density at radius 1 is 1.32 bits per heavy atom. The second-order valence-corrected chi connectivity index (χ2v) is 6.72. The Morgan fingerprint density at radius 2 is 2.09 bits per heavy atom. The predicted molar refractivity (Wildman–Crippen MR) is 84.6 cm³/mol. The van der Waals surface area contributed by atoms with Crippen molar-refractivity contribution in [3.63, 3.8) is 0 Å². The number of rotatable bonds is 4. The summed E-state index contributed by atoms with van der Waals surface area (Å²) in [7, 11) is 0. The molecule has 118 valence electrons. The maximum Gasteiger partial charge on any atom is 0.324 e. The van der Waals surface area contributed by atoms with Gasteiger partial charge in [0.25, 0.3) is 0 Å². The summed E-state index contributed by atoms with van der Waals surface area (Å²) in [5, 5.41) is 6.05. The lowest BCUT2D eigenvalue weighted by Crippen LogP contribution is -2.39. The Balaban J connectivity index is 1.64. The van der Waals surface area contributed by atoms with E-state index in [0.29, 0.717) is 19.1 Å². The smallest absolute Gasteiger partial charge is 0.324 e. The second kappa shape index (κ2) is 5.72. The molecule has 1 fully saturated rings. The molecule has 2 aliphatic rings.